The number of carbonyl (C=O) groups excluding carboxylic acids is 1. The van der Waals surface area contributed by atoms with Gasteiger partial charge in [-0.05, 0) is 39.2 Å². The van der Waals surface area contributed by atoms with Gasteiger partial charge in [-0.3, -0.25) is 19.7 Å². The summed E-state index contributed by atoms with van der Waals surface area (Å²) >= 11 is 0. The molecule has 0 radical (unpaired) electrons. The number of rotatable bonds is 4. The van der Waals surface area contributed by atoms with Crippen molar-refractivity contribution in [2.45, 2.75) is 64.6 Å². The molecule has 0 aliphatic carbocycles. The molecule has 1 amide bonds. The van der Waals surface area contributed by atoms with Crippen molar-refractivity contribution in [2.24, 2.45) is 0 Å². The highest BCUT2D eigenvalue weighted by atomic mass is 16.2. The maximum absolute atomic E-state index is 12.2. The first-order chi connectivity index (χ1) is 10.7. The van der Waals surface area contributed by atoms with Crippen molar-refractivity contribution in [3.63, 3.8) is 0 Å². The number of carbonyl (C=O) groups is 1. The molecule has 3 rings (SSSR count). The summed E-state index contributed by atoms with van der Waals surface area (Å²) in [5, 5.41) is 0. The molecule has 3 heterocycles. The van der Waals surface area contributed by atoms with E-state index in [1.54, 1.807) is 0 Å². The topological polar surface area (TPSA) is 49.3 Å². The maximum Gasteiger partial charge on any atom is 0.222 e. The summed E-state index contributed by atoms with van der Waals surface area (Å²) in [5.41, 5.74) is 1.99. The zero-order valence-corrected chi connectivity index (χ0v) is 13.7. The van der Waals surface area contributed by atoms with Gasteiger partial charge in [0.15, 0.2) is 0 Å². The average Bonchev–Trinajstić information content (AvgIpc) is 3.17. The third-order valence-corrected chi connectivity index (χ3v) is 4.98. The van der Waals surface area contributed by atoms with E-state index in [-0.39, 0.29) is 0 Å². The van der Waals surface area contributed by atoms with Gasteiger partial charge in [0.1, 0.15) is 0 Å². The fraction of sp³-hybridized carbons (Fsp3) is 0.706. The van der Waals surface area contributed by atoms with Crippen LogP contribution in [0.3, 0.4) is 0 Å². The first-order valence-corrected chi connectivity index (χ1v) is 8.50. The Hall–Kier alpha value is -1.49. The van der Waals surface area contributed by atoms with Crippen molar-refractivity contribution in [2.75, 3.05) is 13.1 Å². The molecule has 0 spiro atoms. The molecule has 5 nitrogen and oxygen atoms in total. The van der Waals surface area contributed by atoms with Crippen LogP contribution in [0.2, 0.25) is 0 Å². The zero-order valence-electron chi connectivity index (χ0n) is 13.7. The van der Waals surface area contributed by atoms with Crippen molar-refractivity contribution < 1.29 is 4.79 Å². The average molecular weight is 302 g/mol. The minimum atomic E-state index is 0.310. The van der Waals surface area contributed by atoms with Gasteiger partial charge < -0.3 is 4.90 Å². The summed E-state index contributed by atoms with van der Waals surface area (Å²) in [5.74, 6) is 0.310. The fourth-order valence-corrected chi connectivity index (χ4v) is 3.90. The van der Waals surface area contributed by atoms with E-state index in [1.807, 2.05) is 26.2 Å². The van der Waals surface area contributed by atoms with Gasteiger partial charge >= 0.3 is 0 Å². The van der Waals surface area contributed by atoms with Crippen LogP contribution in [0.4, 0.5) is 0 Å². The van der Waals surface area contributed by atoms with Crippen LogP contribution >= 0.6 is 0 Å². The van der Waals surface area contributed by atoms with E-state index in [1.165, 1.54) is 12.8 Å². The maximum atomic E-state index is 12.2. The highest BCUT2D eigenvalue weighted by Gasteiger charge is 2.39. The highest BCUT2D eigenvalue weighted by molar-refractivity contribution is 5.76. The Balaban J connectivity index is 1.70. The normalized spacial score (nSPS) is 25.8. The molecule has 0 saturated carbocycles. The van der Waals surface area contributed by atoms with Crippen LogP contribution in [0.5, 0.6) is 0 Å². The van der Waals surface area contributed by atoms with Crippen LogP contribution in [0.15, 0.2) is 12.4 Å². The van der Waals surface area contributed by atoms with E-state index in [2.05, 4.69) is 19.8 Å². The van der Waals surface area contributed by atoms with Crippen LogP contribution < -0.4 is 0 Å². The van der Waals surface area contributed by atoms with E-state index in [4.69, 9.17) is 0 Å². The molecule has 1 aromatic heterocycles. The lowest BCUT2D eigenvalue weighted by molar-refractivity contribution is -0.132. The Morgan fingerprint density at radius 3 is 2.68 bits per heavy atom. The molecular formula is C17H26N4O. The molecule has 2 fully saturated rings. The number of hydrogen-bond acceptors (Lipinski definition) is 4. The lowest BCUT2D eigenvalue weighted by atomic mass is 10.0. The molecule has 0 N–H and O–H groups in total. The predicted octanol–water partition coefficient (Wildman–Crippen LogP) is 2.15. The second-order valence-electron chi connectivity index (χ2n) is 6.48. The summed E-state index contributed by atoms with van der Waals surface area (Å²) in [4.78, 5) is 25.6. The number of nitrogens with zero attached hydrogens (tertiary/aromatic N) is 4. The molecule has 1 aromatic rings. The summed E-state index contributed by atoms with van der Waals surface area (Å²) in [6.07, 6.45) is 9.04. The molecule has 2 aliphatic rings. The van der Waals surface area contributed by atoms with Gasteiger partial charge in [0.2, 0.25) is 5.91 Å². The Kier molecular flexibility index (Phi) is 4.71. The van der Waals surface area contributed by atoms with Crippen molar-refractivity contribution in [3.8, 4) is 0 Å². The smallest absolute Gasteiger partial charge is 0.222 e. The SMILES string of the molecule is CCC(=O)N1CCCC1C1CCCN1Cc1cnc(C)cn1. The number of hydrogen-bond donors (Lipinski definition) is 0. The molecule has 5 heteroatoms. The van der Waals surface area contributed by atoms with Gasteiger partial charge in [0.05, 0.1) is 11.4 Å². The van der Waals surface area contributed by atoms with E-state index in [0.29, 0.717) is 24.4 Å². The Morgan fingerprint density at radius 2 is 1.95 bits per heavy atom. The van der Waals surface area contributed by atoms with Gasteiger partial charge in [-0.25, -0.2) is 0 Å². The molecule has 0 aromatic carbocycles. The molecule has 2 atom stereocenters. The molecule has 0 bridgehead atoms. The summed E-state index contributed by atoms with van der Waals surface area (Å²) in [6.45, 7) is 6.81. The first kappa shape index (κ1) is 15.4. The van der Waals surface area contributed by atoms with E-state index in [9.17, 15) is 4.79 Å². The number of likely N-dealkylation sites (tertiary alicyclic amines) is 2. The van der Waals surface area contributed by atoms with Gasteiger partial charge in [-0.1, -0.05) is 6.92 Å². The lowest BCUT2D eigenvalue weighted by Gasteiger charge is -2.34. The summed E-state index contributed by atoms with van der Waals surface area (Å²) < 4.78 is 0. The monoisotopic (exact) mass is 302 g/mol. The first-order valence-electron chi connectivity index (χ1n) is 8.50. The molecule has 2 saturated heterocycles. The Morgan fingerprint density at radius 1 is 1.18 bits per heavy atom. The van der Waals surface area contributed by atoms with Crippen LogP contribution in [0.25, 0.3) is 0 Å². The molecule has 2 unspecified atom stereocenters. The number of aryl methyl sites for hydroxylation is 1. The van der Waals surface area contributed by atoms with Gasteiger partial charge in [-0.2, -0.15) is 0 Å². The Bertz CT molecular complexity index is 516. The van der Waals surface area contributed by atoms with E-state index < -0.39 is 0 Å². The lowest BCUT2D eigenvalue weighted by Crippen LogP contribution is -2.47. The molecule has 120 valence electrons. The van der Waals surface area contributed by atoms with Crippen molar-refractivity contribution in [3.05, 3.63) is 23.8 Å². The highest BCUT2D eigenvalue weighted by Crippen LogP contribution is 2.31. The van der Waals surface area contributed by atoms with Crippen molar-refractivity contribution in [1.82, 2.24) is 19.8 Å². The predicted molar refractivity (Wildman–Crippen MR) is 85.2 cm³/mol. The standard InChI is InChI=1S/C17H26N4O/c1-3-17(22)21-9-5-7-16(21)15-6-4-8-20(15)12-14-11-18-13(2)10-19-14/h10-11,15-16H,3-9,12H2,1-2H3. The van der Waals surface area contributed by atoms with E-state index >= 15 is 0 Å². The van der Waals surface area contributed by atoms with Crippen LogP contribution in [0.1, 0.15) is 50.4 Å². The quantitative estimate of drug-likeness (QED) is 0.855. The third-order valence-electron chi connectivity index (χ3n) is 4.98. The van der Waals surface area contributed by atoms with Crippen LogP contribution in [0, 0.1) is 6.92 Å². The van der Waals surface area contributed by atoms with Crippen LogP contribution in [-0.4, -0.2) is 50.8 Å². The summed E-state index contributed by atoms with van der Waals surface area (Å²) in [7, 11) is 0. The summed E-state index contributed by atoms with van der Waals surface area (Å²) in [6, 6.07) is 0.884. The Labute approximate surface area is 132 Å². The van der Waals surface area contributed by atoms with Gasteiger partial charge in [0.25, 0.3) is 0 Å². The minimum Gasteiger partial charge on any atom is -0.338 e. The number of aromatic nitrogens is 2. The molecular weight excluding hydrogens is 276 g/mol. The van der Waals surface area contributed by atoms with Crippen molar-refractivity contribution >= 4 is 5.91 Å². The zero-order chi connectivity index (χ0) is 15.5. The molecule has 22 heavy (non-hydrogen) atoms. The fourth-order valence-electron chi connectivity index (χ4n) is 3.90. The minimum absolute atomic E-state index is 0.310. The van der Waals surface area contributed by atoms with Crippen LogP contribution in [-0.2, 0) is 11.3 Å². The third kappa shape index (κ3) is 3.14. The second-order valence-corrected chi connectivity index (χ2v) is 6.48. The molecule has 2 aliphatic heterocycles. The van der Waals surface area contributed by atoms with E-state index in [0.717, 1.165) is 43.9 Å². The van der Waals surface area contributed by atoms with Gasteiger partial charge in [0, 0.05) is 44.0 Å². The largest absolute Gasteiger partial charge is 0.338 e. The van der Waals surface area contributed by atoms with Crippen molar-refractivity contribution in [1.29, 1.82) is 0 Å². The second kappa shape index (κ2) is 6.73. The van der Waals surface area contributed by atoms with Gasteiger partial charge in [-0.15, -0.1) is 0 Å². The number of amides is 1.